The van der Waals surface area contributed by atoms with Gasteiger partial charge in [0, 0.05) is 18.5 Å². The molecule has 18 heavy (non-hydrogen) atoms. The average Bonchev–Trinajstić information content (AvgIpc) is 2.26. The van der Waals surface area contributed by atoms with Crippen LogP contribution in [0.25, 0.3) is 0 Å². The minimum Gasteiger partial charge on any atom is -0.466 e. The highest BCUT2D eigenvalue weighted by atomic mass is 16.5. The number of aryl methyl sites for hydroxylation is 1. The number of carbonyl (C=O) groups is 1. The summed E-state index contributed by atoms with van der Waals surface area (Å²) in [6.45, 7) is 3.63. The summed E-state index contributed by atoms with van der Waals surface area (Å²) in [5.74, 6) is -0.240. The fourth-order valence-electron chi connectivity index (χ4n) is 1.42. The van der Waals surface area contributed by atoms with Gasteiger partial charge in [-0.3, -0.25) is 4.79 Å². The zero-order chi connectivity index (χ0) is 13.6. The molecule has 0 saturated carbocycles. The Morgan fingerprint density at radius 3 is 2.50 bits per heavy atom. The third kappa shape index (κ3) is 6.25. The van der Waals surface area contributed by atoms with Crippen molar-refractivity contribution in [3.63, 3.8) is 0 Å². The van der Waals surface area contributed by atoms with Crippen molar-refractivity contribution >= 4 is 11.7 Å². The first-order valence-electron chi connectivity index (χ1n) is 6.09. The van der Waals surface area contributed by atoms with Gasteiger partial charge in [-0.05, 0) is 38.0 Å². The van der Waals surface area contributed by atoms with Gasteiger partial charge in [0.25, 0.3) is 0 Å². The summed E-state index contributed by atoms with van der Waals surface area (Å²) in [4.78, 5) is 11.4. The van der Waals surface area contributed by atoms with E-state index in [9.17, 15) is 9.90 Å². The molecule has 0 aliphatic heterocycles. The summed E-state index contributed by atoms with van der Waals surface area (Å²) in [7, 11) is 0. The highest BCUT2D eigenvalue weighted by Crippen LogP contribution is 2.09. The van der Waals surface area contributed by atoms with Crippen LogP contribution in [0.15, 0.2) is 24.3 Å². The quantitative estimate of drug-likeness (QED) is 0.598. The van der Waals surface area contributed by atoms with E-state index < -0.39 is 5.60 Å². The minimum absolute atomic E-state index is 0.240. The number of hydrogen-bond donors (Lipinski definition) is 2. The molecule has 0 aromatic heterocycles. The molecule has 0 unspecified atom stereocenters. The Bertz CT molecular complexity index is 379. The van der Waals surface area contributed by atoms with Crippen molar-refractivity contribution in [3.05, 3.63) is 29.8 Å². The molecule has 4 nitrogen and oxygen atoms in total. The first kappa shape index (κ1) is 14.5. The van der Waals surface area contributed by atoms with Crippen LogP contribution < -0.4 is 5.73 Å². The molecule has 4 heteroatoms. The maximum absolute atomic E-state index is 11.4. The fraction of sp³-hybridized carbons (Fsp3) is 0.500. The normalized spacial score (nSPS) is 11.3. The van der Waals surface area contributed by atoms with Crippen LogP contribution in [-0.2, 0) is 16.0 Å². The number of rotatable bonds is 6. The van der Waals surface area contributed by atoms with Crippen LogP contribution in [0.2, 0.25) is 0 Å². The summed E-state index contributed by atoms with van der Waals surface area (Å²) in [6, 6.07) is 7.43. The van der Waals surface area contributed by atoms with Crippen LogP contribution >= 0.6 is 0 Å². The zero-order valence-corrected chi connectivity index (χ0v) is 11.0. The molecule has 1 aromatic rings. The second kappa shape index (κ2) is 6.40. The lowest BCUT2D eigenvalue weighted by molar-refractivity contribution is -0.144. The Hall–Kier alpha value is -1.55. The van der Waals surface area contributed by atoms with Crippen molar-refractivity contribution in [1.82, 2.24) is 0 Å². The van der Waals surface area contributed by atoms with Gasteiger partial charge in [-0.15, -0.1) is 0 Å². The maximum Gasteiger partial charge on any atom is 0.306 e. The third-order valence-electron chi connectivity index (χ3n) is 2.57. The number of anilines is 1. The SMILES string of the molecule is CC(C)(O)CCOC(=O)CCc1ccc(N)cc1. The van der Waals surface area contributed by atoms with Gasteiger partial charge in [0.1, 0.15) is 0 Å². The number of nitrogen functional groups attached to an aromatic ring is 1. The largest absolute Gasteiger partial charge is 0.466 e. The van der Waals surface area contributed by atoms with Gasteiger partial charge >= 0.3 is 5.97 Å². The number of esters is 1. The monoisotopic (exact) mass is 251 g/mol. The molecule has 1 aromatic carbocycles. The zero-order valence-electron chi connectivity index (χ0n) is 11.0. The van der Waals surface area contributed by atoms with Gasteiger partial charge in [0.15, 0.2) is 0 Å². The Labute approximate surface area is 108 Å². The third-order valence-corrected chi connectivity index (χ3v) is 2.57. The van der Waals surface area contributed by atoms with Gasteiger partial charge in [-0.2, -0.15) is 0 Å². The molecule has 0 saturated heterocycles. The first-order valence-corrected chi connectivity index (χ1v) is 6.09. The molecule has 0 bridgehead atoms. The van der Waals surface area contributed by atoms with E-state index in [0.29, 0.717) is 24.9 Å². The van der Waals surface area contributed by atoms with E-state index in [0.717, 1.165) is 5.56 Å². The molecule has 0 atom stereocenters. The van der Waals surface area contributed by atoms with Gasteiger partial charge in [-0.1, -0.05) is 12.1 Å². The second-order valence-electron chi connectivity index (χ2n) is 5.02. The van der Waals surface area contributed by atoms with E-state index >= 15 is 0 Å². The second-order valence-corrected chi connectivity index (χ2v) is 5.02. The van der Waals surface area contributed by atoms with Gasteiger partial charge in [0.05, 0.1) is 12.2 Å². The van der Waals surface area contributed by atoms with E-state index in [1.807, 2.05) is 24.3 Å². The van der Waals surface area contributed by atoms with Crippen molar-refractivity contribution in [1.29, 1.82) is 0 Å². The molecule has 0 radical (unpaired) electrons. The Balaban J connectivity index is 2.23. The van der Waals surface area contributed by atoms with Crippen molar-refractivity contribution in [2.24, 2.45) is 0 Å². The van der Waals surface area contributed by atoms with Gasteiger partial charge in [0.2, 0.25) is 0 Å². The molecular formula is C14H21NO3. The number of hydrogen-bond acceptors (Lipinski definition) is 4. The van der Waals surface area contributed by atoms with Crippen molar-refractivity contribution in [2.75, 3.05) is 12.3 Å². The van der Waals surface area contributed by atoms with Crippen LogP contribution in [0.4, 0.5) is 5.69 Å². The fourth-order valence-corrected chi connectivity index (χ4v) is 1.42. The molecule has 0 heterocycles. The number of benzene rings is 1. The van der Waals surface area contributed by atoms with Crippen LogP contribution in [-0.4, -0.2) is 23.3 Å². The van der Waals surface area contributed by atoms with Crippen LogP contribution in [0, 0.1) is 0 Å². The summed E-state index contributed by atoms with van der Waals surface area (Å²) < 4.78 is 5.04. The van der Waals surface area contributed by atoms with Gasteiger partial charge in [-0.25, -0.2) is 0 Å². The average molecular weight is 251 g/mol. The first-order chi connectivity index (χ1) is 8.37. The molecular weight excluding hydrogens is 230 g/mol. The van der Waals surface area contributed by atoms with E-state index in [-0.39, 0.29) is 12.6 Å². The lowest BCUT2D eigenvalue weighted by Crippen LogP contribution is -2.22. The van der Waals surface area contributed by atoms with Crippen molar-refractivity contribution in [2.45, 2.75) is 38.7 Å². The predicted molar refractivity (Wildman–Crippen MR) is 71.0 cm³/mol. The summed E-state index contributed by atoms with van der Waals surface area (Å²) in [6.07, 6.45) is 1.43. The van der Waals surface area contributed by atoms with Crippen molar-refractivity contribution < 1.29 is 14.6 Å². The molecule has 0 aliphatic carbocycles. The highest BCUT2D eigenvalue weighted by Gasteiger charge is 2.13. The molecule has 0 spiro atoms. The molecule has 0 aliphatic rings. The minimum atomic E-state index is -0.794. The lowest BCUT2D eigenvalue weighted by Gasteiger charge is -2.16. The Morgan fingerprint density at radius 2 is 1.94 bits per heavy atom. The number of ether oxygens (including phenoxy) is 1. The van der Waals surface area contributed by atoms with E-state index in [1.54, 1.807) is 13.8 Å². The number of carbonyl (C=O) groups excluding carboxylic acids is 1. The van der Waals surface area contributed by atoms with E-state index in [2.05, 4.69) is 0 Å². The smallest absolute Gasteiger partial charge is 0.306 e. The van der Waals surface area contributed by atoms with E-state index in [4.69, 9.17) is 10.5 Å². The van der Waals surface area contributed by atoms with Crippen LogP contribution in [0.5, 0.6) is 0 Å². The summed E-state index contributed by atoms with van der Waals surface area (Å²) in [5.41, 5.74) is 6.55. The molecule has 0 amide bonds. The van der Waals surface area contributed by atoms with Crippen LogP contribution in [0.3, 0.4) is 0 Å². The standard InChI is InChI=1S/C14H21NO3/c1-14(2,17)9-10-18-13(16)8-5-11-3-6-12(15)7-4-11/h3-4,6-7,17H,5,8-10,15H2,1-2H3. The van der Waals surface area contributed by atoms with E-state index in [1.165, 1.54) is 0 Å². The molecule has 1 rings (SSSR count). The van der Waals surface area contributed by atoms with Crippen LogP contribution in [0.1, 0.15) is 32.3 Å². The molecule has 0 fully saturated rings. The lowest BCUT2D eigenvalue weighted by atomic mass is 10.1. The predicted octanol–water partition coefficient (Wildman–Crippen LogP) is 1.91. The highest BCUT2D eigenvalue weighted by molar-refractivity contribution is 5.69. The Morgan fingerprint density at radius 1 is 1.33 bits per heavy atom. The maximum atomic E-state index is 11.4. The topological polar surface area (TPSA) is 72.5 Å². The number of nitrogens with two attached hydrogens (primary N) is 1. The van der Waals surface area contributed by atoms with Gasteiger partial charge < -0.3 is 15.6 Å². The summed E-state index contributed by atoms with van der Waals surface area (Å²) >= 11 is 0. The molecule has 3 N–H and O–H groups in total. The number of aliphatic hydroxyl groups is 1. The Kier molecular flexibility index (Phi) is 5.16. The van der Waals surface area contributed by atoms with Crippen molar-refractivity contribution in [3.8, 4) is 0 Å². The summed E-state index contributed by atoms with van der Waals surface area (Å²) in [5, 5.41) is 9.46. The molecule has 100 valence electrons.